The molecule has 0 saturated carbocycles. The maximum atomic E-state index is 12.8. The fourth-order valence-electron chi connectivity index (χ4n) is 2.81. The van der Waals surface area contributed by atoms with Crippen molar-refractivity contribution in [2.45, 2.75) is 6.18 Å². The van der Waals surface area contributed by atoms with Crippen LogP contribution in [0, 0.1) is 0 Å². The summed E-state index contributed by atoms with van der Waals surface area (Å²) in [7, 11) is 0. The molecule has 0 bridgehead atoms. The molecule has 0 aliphatic carbocycles. The minimum Gasteiger partial charge on any atom is -0.483 e. The molecule has 0 saturated heterocycles. The van der Waals surface area contributed by atoms with Crippen molar-refractivity contribution >= 4 is 45.1 Å². The Labute approximate surface area is 206 Å². The van der Waals surface area contributed by atoms with Gasteiger partial charge >= 0.3 is 12.1 Å². The maximum absolute atomic E-state index is 12.8. The van der Waals surface area contributed by atoms with Gasteiger partial charge in [-0.2, -0.15) is 13.2 Å². The van der Waals surface area contributed by atoms with Crippen molar-refractivity contribution in [2.75, 3.05) is 23.8 Å². The van der Waals surface area contributed by atoms with Gasteiger partial charge in [0.2, 0.25) is 0 Å². The first-order valence-electron chi connectivity index (χ1n) is 10.0. The second-order valence-electron chi connectivity index (χ2n) is 7.04. The van der Waals surface area contributed by atoms with Crippen LogP contribution in [0.1, 0.15) is 15.9 Å². The van der Waals surface area contributed by atoms with E-state index in [-0.39, 0.29) is 17.0 Å². The van der Waals surface area contributed by atoms with E-state index in [9.17, 15) is 27.6 Å². The van der Waals surface area contributed by atoms with E-state index >= 15 is 0 Å². The molecule has 3 aromatic carbocycles. The molecule has 182 valence electrons. The van der Waals surface area contributed by atoms with E-state index < -0.39 is 42.7 Å². The normalized spacial score (nSPS) is 10.9. The van der Waals surface area contributed by atoms with Gasteiger partial charge in [-0.05, 0) is 54.6 Å². The number of alkyl halides is 3. The molecule has 0 aliphatic heterocycles. The first-order chi connectivity index (χ1) is 16.6. The fourth-order valence-corrected chi connectivity index (χ4v) is 3.08. The quantitative estimate of drug-likeness (QED) is 0.372. The summed E-state index contributed by atoms with van der Waals surface area (Å²) in [5.74, 6) is -2.14. The topological polar surface area (TPSA) is 93.7 Å². The highest BCUT2D eigenvalue weighted by Crippen LogP contribution is 2.30. The Morgan fingerprint density at radius 3 is 2.17 bits per heavy atom. The number of esters is 1. The van der Waals surface area contributed by atoms with Crippen LogP contribution in [0.2, 0.25) is 0 Å². The number of carbonyl (C=O) groups is 3. The van der Waals surface area contributed by atoms with Crippen LogP contribution in [0.5, 0.6) is 5.75 Å². The van der Waals surface area contributed by atoms with E-state index in [2.05, 4.69) is 26.6 Å². The number of hydrogen-bond acceptors (Lipinski definition) is 5. The summed E-state index contributed by atoms with van der Waals surface area (Å²) in [5.41, 5.74) is -0.499. The van der Waals surface area contributed by atoms with Crippen molar-refractivity contribution in [3.05, 3.63) is 88.4 Å². The molecule has 0 unspecified atom stereocenters. The number of anilines is 2. The Morgan fingerprint density at radius 2 is 1.46 bits per heavy atom. The monoisotopic (exact) mass is 550 g/mol. The third-order valence-electron chi connectivity index (χ3n) is 4.40. The van der Waals surface area contributed by atoms with Crippen molar-refractivity contribution in [1.82, 2.24) is 0 Å². The zero-order valence-corrected chi connectivity index (χ0v) is 19.5. The minimum atomic E-state index is -4.56. The van der Waals surface area contributed by atoms with Gasteiger partial charge in [0.05, 0.1) is 5.56 Å². The Kier molecular flexibility index (Phi) is 8.48. The van der Waals surface area contributed by atoms with Crippen LogP contribution in [0.15, 0.2) is 77.3 Å². The van der Waals surface area contributed by atoms with Crippen LogP contribution in [0.4, 0.5) is 24.5 Å². The van der Waals surface area contributed by atoms with Gasteiger partial charge < -0.3 is 20.1 Å². The Morgan fingerprint density at radius 1 is 0.800 bits per heavy atom. The summed E-state index contributed by atoms with van der Waals surface area (Å²) in [6.45, 7) is -1.14. The molecule has 0 heterocycles. The molecule has 35 heavy (non-hydrogen) atoms. The molecular weight excluding hydrogens is 533 g/mol. The minimum absolute atomic E-state index is 0.0317. The average Bonchev–Trinajstić information content (AvgIpc) is 2.82. The van der Waals surface area contributed by atoms with Crippen LogP contribution in [0.25, 0.3) is 0 Å². The average molecular weight is 551 g/mol. The standard InChI is InChI=1S/C24H18BrF3N2O5/c25-16-8-10-17(11-9-16)29-21(31)13-34-20-7-2-1-6-19(20)23(33)35-14-22(32)30-18-5-3-4-15(12-18)24(26,27)28/h1-12H,13-14H2,(H,29,31)(H,30,32). The van der Waals surface area contributed by atoms with E-state index in [1.54, 1.807) is 30.3 Å². The number of rotatable bonds is 8. The molecule has 0 spiro atoms. The second-order valence-corrected chi connectivity index (χ2v) is 7.96. The molecule has 0 atom stereocenters. The Hall–Kier alpha value is -3.86. The first kappa shape index (κ1) is 25.8. The molecule has 0 aromatic heterocycles. The van der Waals surface area contributed by atoms with E-state index in [4.69, 9.17) is 9.47 Å². The van der Waals surface area contributed by atoms with Crippen molar-refractivity contribution < 1.29 is 37.0 Å². The molecule has 3 aromatic rings. The third kappa shape index (κ3) is 7.85. The molecule has 2 N–H and O–H groups in total. The lowest BCUT2D eigenvalue weighted by Gasteiger charge is -2.12. The number of amides is 2. The lowest BCUT2D eigenvalue weighted by Crippen LogP contribution is -2.23. The predicted molar refractivity (Wildman–Crippen MR) is 125 cm³/mol. The zero-order valence-electron chi connectivity index (χ0n) is 17.9. The van der Waals surface area contributed by atoms with Crippen molar-refractivity contribution in [1.29, 1.82) is 0 Å². The molecule has 7 nitrogen and oxygen atoms in total. The number of benzene rings is 3. The maximum Gasteiger partial charge on any atom is 0.416 e. The molecule has 0 aliphatic rings. The number of para-hydroxylation sites is 1. The summed E-state index contributed by atoms with van der Waals surface area (Å²) in [6.07, 6.45) is -4.56. The lowest BCUT2D eigenvalue weighted by atomic mass is 10.2. The van der Waals surface area contributed by atoms with Gasteiger partial charge in [-0.15, -0.1) is 0 Å². The highest BCUT2D eigenvalue weighted by molar-refractivity contribution is 9.10. The van der Waals surface area contributed by atoms with E-state index in [0.717, 1.165) is 22.7 Å². The van der Waals surface area contributed by atoms with Crippen molar-refractivity contribution in [3.63, 3.8) is 0 Å². The van der Waals surface area contributed by atoms with Crippen LogP contribution in [-0.4, -0.2) is 31.0 Å². The van der Waals surface area contributed by atoms with Gasteiger partial charge in [-0.25, -0.2) is 4.79 Å². The zero-order chi connectivity index (χ0) is 25.4. The van der Waals surface area contributed by atoms with Gasteiger partial charge in [0.15, 0.2) is 13.2 Å². The molecule has 11 heteroatoms. The lowest BCUT2D eigenvalue weighted by molar-refractivity contribution is -0.137. The number of nitrogens with one attached hydrogen (secondary N) is 2. The van der Waals surface area contributed by atoms with E-state index in [1.165, 1.54) is 24.3 Å². The first-order valence-corrected chi connectivity index (χ1v) is 10.8. The van der Waals surface area contributed by atoms with Crippen LogP contribution < -0.4 is 15.4 Å². The fraction of sp³-hybridized carbons (Fsp3) is 0.125. The molecule has 0 fully saturated rings. The van der Waals surface area contributed by atoms with Crippen molar-refractivity contribution in [3.8, 4) is 5.75 Å². The number of carbonyl (C=O) groups excluding carboxylic acids is 3. The van der Waals surface area contributed by atoms with E-state index in [1.807, 2.05) is 0 Å². The van der Waals surface area contributed by atoms with Crippen LogP contribution >= 0.6 is 15.9 Å². The number of hydrogen-bond donors (Lipinski definition) is 2. The van der Waals surface area contributed by atoms with Crippen molar-refractivity contribution in [2.24, 2.45) is 0 Å². The van der Waals surface area contributed by atoms with Gasteiger partial charge in [-0.3, -0.25) is 9.59 Å². The molecule has 0 radical (unpaired) electrons. The SMILES string of the molecule is O=C(COC(=O)c1ccccc1OCC(=O)Nc1ccc(Br)cc1)Nc1cccc(C(F)(F)F)c1. The van der Waals surface area contributed by atoms with Gasteiger partial charge in [0, 0.05) is 15.8 Å². The summed E-state index contributed by atoms with van der Waals surface area (Å²) in [6, 6.07) is 16.9. The summed E-state index contributed by atoms with van der Waals surface area (Å²) >= 11 is 3.30. The van der Waals surface area contributed by atoms with Gasteiger partial charge in [0.25, 0.3) is 11.8 Å². The highest BCUT2D eigenvalue weighted by Gasteiger charge is 2.30. The third-order valence-corrected chi connectivity index (χ3v) is 4.93. The highest BCUT2D eigenvalue weighted by atomic mass is 79.9. The van der Waals surface area contributed by atoms with Gasteiger partial charge in [0.1, 0.15) is 11.3 Å². The molecule has 2 amide bonds. The van der Waals surface area contributed by atoms with E-state index in [0.29, 0.717) is 5.69 Å². The molecular formula is C24H18BrF3N2O5. The second kappa shape index (κ2) is 11.5. The summed E-state index contributed by atoms with van der Waals surface area (Å²) < 4.78 is 49.6. The smallest absolute Gasteiger partial charge is 0.416 e. The van der Waals surface area contributed by atoms with Crippen LogP contribution in [-0.2, 0) is 20.5 Å². The van der Waals surface area contributed by atoms with Gasteiger partial charge in [-0.1, -0.05) is 34.1 Å². The number of halogens is 4. The number of ether oxygens (including phenoxy) is 2. The van der Waals surface area contributed by atoms with Crippen LogP contribution in [0.3, 0.4) is 0 Å². The summed E-state index contributed by atoms with van der Waals surface area (Å²) in [4.78, 5) is 36.6. The Balaban J connectivity index is 1.54. The largest absolute Gasteiger partial charge is 0.483 e. The summed E-state index contributed by atoms with van der Waals surface area (Å²) in [5, 5.41) is 4.88. The predicted octanol–water partition coefficient (Wildman–Crippen LogP) is 5.28. The molecule has 3 rings (SSSR count). The Bertz CT molecular complexity index is 1220.